The molecule has 8 nitrogen and oxygen atoms in total. The van der Waals surface area contributed by atoms with E-state index in [4.69, 9.17) is 4.74 Å². The number of para-hydroxylation sites is 1. The van der Waals surface area contributed by atoms with Crippen LogP contribution in [0.1, 0.15) is 28.2 Å². The van der Waals surface area contributed by atoms with Crippen LogP contribution in [0.15, 0.2) is 65.7 Å². The van der Waals surface area contributed by atoms with Crippen molar-refractivity contribution in [1.82, 2.24) is 9.55 Å². The molecule has 4 aromatic rings. The number of anilines is 1. The van der Waals surface area contributed by atoms with Gasteiger partial charge in [0.1, 0.15) is 27.2 Å². The number of carbonyl (C=O) groups excluding carboxylic acids is 1. The van der Waals surface area contributed by atoms with Gasteiger partial charge < -0.3 is 15.2 Å². The Balaban J connectivity index is 1.52. The van der Waals surface area contributed by atoms with Crippen molar-refractivity contribution < 1.29 is 19.4 Å². The van der Waals surface area contributed by atoms with E-state index < -0.39 is 23.5 Å². The summed E-state index contributed by atoms with van der Waals surface area (Å²) in [6.45, 7) is 3.15. The van der Waals surface area contributed by atoms with Gasteiger partial charge in [0.2, 0.25) is 5.91 Å². The van der Waals surface area contributed by atoms with Gasteiger partial charge in [0.25, 0.3) is 5.56 Å². The minimum Gasteiger partial charge on any atom is -0.477 e. The number of carboxylic acids is 1. The van der Waals surface area contributed by atoms with E-state index in [1.165, 1.54) is 10.9 Å². The lowest BCUT2D eigenvalue weighted by molar-refractivity contribution is -0.118. The number of aryl methyl sites for hydroxylation is 1. The number of hydrogen-bond donors (Lipinski definition) is 2. The van der Waals surface area contributed by atoms with E-state index in [0.717, 1.165) is 11.3 Å². The minimum atomic E-state index is -1.11. The molecule has 32 heavy (non-hydrogen) atoms. The predicted molar refractivity (Wildman–Crippen MR) is 122 cm³/mol. The highest BCUT2D eigenvalue weighted by atomic mass is 32.1. The summed E-state index contributed by atoms with van der Waals surface area (Å²) in [5.74, 6) is -0.191. The average molecular weight is 449 g/mol. The minimum absolute atomic E-state index is 0.0669. The van der Waals surface area contributed by atoms with Gasteiger partial charge in [0.15, 0.2) is 0 Å². The van der Waals surface area contributed by atoms with E-state index in [1.54, 1.807) is 38.1 Å². The molecule has 0 radical (unpaired) electrons. The summed E-state index contributed by atoms with van der Waals surface area (Å²) in [5.41, 5.74) is 0.445. The molecule has 0 saturated carbocycles. The first-order valence-electron chi connectivity index (χ1n) is 9.72. The molecule has 1 amide bonds. The zero-order chi connectivity index (χ0) is 22.8. The lowest BCUT2D eigenvalue weighted by Crippen LogP contribution is -2.31. The van der Waals surface area contributed by atoms with Crippen LogP contribution in [0.3, 0.4) is 0 Å². The highest BCUT2D eigenvalue weighted by Gasteiger charge is 2.22. The molecule has 4 rings (SSSR count). The Kier molecular flexibility index (Phi) is 5.74. The van der Waals surface area contributed by atoms with Crippen LogP contribution in [0.5, 0.6) is 11.5 Å². The summed E-state index contributed by atoms with van der Waals surface area (Å²) in [7, 11) is 0. The number of amides is 1. The highest BCUT2D eigenvalue weighted by molar-refractivity contribution is 7.20. The van der Waals surface area contributed by atoms with E-state index in [9.17, 15) is 19.5 Å². The molecular formula is C23H19N3O5S. The molecule has 0 spiro atoms. The Bertz CT molecular complexity index is 1360. The molecule has 0 bridgehead atoms. The van der Waals surface area contributed by atoms with Crippen LogP contribution in [-0.2, 0) is 4.79 Å². The van der Waals surface area contributed by atoms with Crippen molar-refractivity contribution in [3.63, 3.8) is 0 Å². The van der Waals surface area contributed by atoms with Gasteiger partial charge in [-0.2, -0.15) is 0 Å². The number of nitrogens with one attached hydrogen (secondary N) is 1. The Labute approximate surface area is 186 Å². The number of ether oxygens (including phenoxy) is 1. The predicted octanol–water partition coefficient (Wildman–Crippen LogP) is 4.46. The maximum absolute atomic E-state index is 12.9. The Morgan fingerprint density at radius 2 is 1.75 bits per heavy atom. The molecule has 0 aliphatic rings. The zero-order valence-electron chi connectivity index (χ0n) is 17.2. The first-order valence-corrected chi connectivity index (χ1v) is 10.5. The number of hydrogen-bond acceptors (Lipinski definition) is 6. The topological polar surface area (TPSA) is 111 Å². The molecule has 0 fully saturated rings. The Morgan fingerprint density at radius 3 is 2.41 bits per heavy atom. The van der Waals surface area contributed by atoms with Crippen molar-refractivity contribution in [2.75, 3.05) is 5.32 Å². The summed E-state index contributed by atoms with van der Waals surface area (Å²) in [6.07, 6.45) is 1.27. The molecule has 162 valence electrons. The number of carbonyl (C=O) groups is 2. The van der Waals surface area contributed by atoms with Gasteiger partial charge in [-0.15, -0.1) is 11.3 Å². The third-order valence-corrected chi connectivity index (χ3v) is 6.16. The van der Waals surface area contributed by atoms with Crippen LogP contribution in [0, 0.1) is 6.92 Å². The number of thiophene rings is 1. The molecular weight excluding hydrogens is 430 g/mol. The molecule has 0 aliphatic heterocycles. The fourth-order valence-electron chi connectivity index (χ4n) is 3.22. The largest absolute Gasteiger partial charge is 0.477 e. The first-order chi connectivity index (χ1) is 15.3. The summed E-state index contributed by atoms with van der Waals surface area (Å²) in [5, 5.41) is 12.3. The van der Waals surface area contributed by atoms with Gasteiger partial charge in [-0.1, -0.05) is 18.2 Å². The van der Waals surface area contributed by atoms with Crippen molar-refractivity contribution in [2.45, 2.75) is 19.9 Å². The molecule has 1 atom stereocenters. The number of aromatic carboxylic acids is 1. The third-order valence-electron chi connectivity index (χ3n) is 4.97. The quantitative estimate of drug-likeness (QED) is 0.450. The molecule has 2 aromatic heterocycles. The molecule has 0 saturated heterocycles. The van der Waals surface area contributed by atoms with Crippen LogP contribution in [0.25, 0.3) is 10.2 Å². The van der Waals surface area contributed by atoms with Gasteiger partial charge in [-0.25, -0.2) is 9.78 Å². The van der Waals surface area contributed by atoms with Gasteiger partial charge in [0, 0.05) is 5.69 Å². The van der Waals surface area contributed by atoms with Crippen molar-refractivity contribution in [3.8, 4) is 11.5 Å². The molecule has 9 heteroatoms. The average Bonchev–Trinajstić information content (AvgIpc) is 3.13. The molecule has 2 aromatic carbocycles. The van der Waals surface area contributed by atoms with Gasteiger partial charge in [0.05, 0.1) is 11.7 Å². The van der Waals surface area contributed by atoms with Crippen LogP contribution in [0.2, 0.25) is 0 Å². The monoisotopic (exact) mass is 449 g/mol. The fourth-order valence-corrected chi connectivity index (χ4v) is 4.20. The third kappa shape index (κ3) is 4.10. The van der Waals surface area contributed by atoms with Crippen molar-refractivity contribution in [1.29, 1.82) is 0 Å². The Morgan fingerprint density at radius 1 is 1.09 bits per heavy atom. The molecule has 1 unspecified atom stereocenters. The van der Waals surface area contributed by atoms with Crippen LogP contribution in [0.4, 0.5) is 5.69 Å². The Hall–Kier alpha value is -3.98. The molecule has 2 N–H and O–H groups in total. The van der Waals surface area contributed by atoms with Crippen LogP contribution in [-0.4, -0.2) is 26.5 Å². The summed E-state index contributed by atoms with van der Waals surface area (Å²) >= 11 is 0.943. The number of fused-ring (bicyclic) bond motifs is 1. The van der Waals surface area contributed by atoms with E-state index >= 15 is 0 Å². The number of carboxylic acid groups (broad SMARTS) is 1. The summed E-state index contributed by atoms with van der Waals surface area (Å²) in [6, 6.07) is 15.3. The maximum atomic E-state index is 12.9. The van der Waals surface area contributed by atoms with Gasteiger partial charge in [-0.3, -0.25) is 14.2 Å². The first kappa shape index (κ1) is 21.3. The van der Waals surface area contributed by atoms with E-state index in [0.29, 0.717) is 27.6 Å². The van der Waals surface area contributed by atoms with E-state index in [1.807, 2.05) is 30.3 Å². The molecule has 0 aliphatic carbocycles. The second-order valence-electron chi connectivity index (χ2n) is 7.10. The van der Waals surface area contributed by atoms with Gasteiger partial charge >= 0.3 is 5.97 Å². The number of rotatable bonds is 6. The van der Waals surface area contributed by atoms with Crippen LogP contribution < -0.4 is 15.6 Å². The highest BCUT2D eigenvalue weighted by Crippen LogP contribution is 2.27. The fraction of sp³-hybridized carbons (Fsp3) is 0.130. The lowest BCUT2D eigenvalue weighted by Gasteiger charge is -2.15. The smallest absolute Gasteiger partial charge is 0.346 e. The van der Waals surface area contributed by atoms with Crippen molar-refractivity contribution in [2.24, 2.45) is 0 Å². The van der Waals surface area contributed by atoms with Gasteiger partial charge in [-0.05, 0) is 55.8 Å². The lowest BCUT2D eigenvalue weighted by atomic mass is 10.2. The number of nitrogens with zero attached hydrogens (tertiary/aromatic N) is 2. The SMILES string of the molecule is Cc1c(C(=O)O)sc2ncn(C(C)C(=O)Nc3ccc(Oc4ccccc4)cc3)c(=O)c12. The normalized spacial score (nSPS) is 11.8. The van der Waals surface area contributed by atoms with Crippen molar-refractivity contribution >= 4 is 39.1 Å². The molecule has 2 heterocycles. The number of benzene rings is 2. The van der Waals surface area contributed by atoms with E-state index in [2.05, 4.69) is 10.3 Å². The maximum Gasteiger partial charge on any atom is 0.346 e. The summed E-state index contributed by atoms with van der Waals surface area (Å²) in [4.78, 5) is 41.6. The van der Waals surface area contributed by atoms with Crippen LogP contribution >= 0.6 is 11.3 Å². The second kappa shape index (κ2) is 8.64. The van der Waals surface area contributed by atoms with Crippen molar-refractivity contribution in [3.05, 3.63) is 81.7 Å². The van der Waals surface area contributed by atoms with E-state index in [-0.39, 0.29) is 10.3 Å². The zero-order valence-corrected chi connectivity index (χ0v) is 18.1. The number of aromatic nitrogens is 2. The standard InChI is InChI=1S/C23H19N3O5S/c1-13-18-21(32-19(13)23(29)30)24-12-26(22(18)28)14(2)20(27)25-15-8-10-17(11-9-15)31-16-6-4-3-5-7-16/h3-12,14H,1-2H3,(H,25,27)(H,29,30). The second-order valence-corrected chi connectivity index (χ2v) is 8.10. The summed E-state index contributed by atoms with van der Waals surface area (Å²) < 4.78 is 6.94.